The number of sulfonamides is 2. The smallest absolute Gasteiger partial charge is 0.245 e. The summed E-state index contributed by atoms with van der Waals surface area (Å²) in [7, 11) is -6.17. The van der Waals surface area contributed by atoms with Crippen LogP contribution < -0.4 is 19.1 Å². The molecule has 1 aliphatic rings. The normalized spacial score (nSPS) is 14.1. The van der Waals surface area contributed by atoms with Gasteiger partial charge in [0.2, 0.25) is 26.0 Å². The lowest BCUT2D eigenvalue weighted by Gasteiger charge is -2.23. The molecule has 0 aliphatic carbocycles. The van der Waals surface area contributed by atoms with Crippen LogP contribution in [0.15, 0.2) is 77.7 Å². The van der Waals surface area contributed by atoms with E-state index in [2.05, 4.69) is 5.32 Å². The number of hydrogen-bond donors (Lipinski definition) is 1. The molecule has 1 N–H and O–H groups in total. The molecule has 1 fully saturated rings. The highest BCUT2D eigenvalue weighted by molar-refractivity contribution is 7.92. The molecule has 39 heavy (non-hydrogen) atoms. The van der Waals surface area contributed by atoms with E-state index < -0.39 is 32.5 Å². The minimum Gasteiger partial charge on any atom is -0.495 e. The van der Waals surface area contributed by atoms with Crippen LogP contribution in [-0.4, -0.2) is 60.0 Å². The van der Waals surface area contributed by atoms with Crippen molar-refractivity contribution in [1.29, 1.82) is 0 Å². The summed E-state index contributed by atoms with van der Waals surface area (Å²) in [6.45, 7) is 0.701. The van der Waals surface area contributed by atoms with E-state index in [0.717, 1.165) is 29.0 Å². The number of ether oxygens (including phenoxy) is 2. The number of benzene rings is 3. The van der Waals surface area contributed by atoms with Crippen LogP contribution in [0.3, 0.4) is 0 Å². The predicted molar refractivity (Wildman–Crippen MR) is 149 cm³/mol. The fourth-order valence-electron chi connectivity index (χ4n) is 4.19. The lowest BCUT2D eigenvalue weighted by Crippen LogP contribution is -2.37. The van der Waals surface area contributed by atoms with Crippen LogP contribution in [0.4, 0.5) is 11.4 Å². The first kappa shape index (κ1) is 28.4. The number of rotatable bonds is 11. The molecule has 10 nitrogen and oxygen atoms in total. The molecule has 3 aromatic carbocycles. The molecule has 0 radical (unpaired) electrons. The topological polar surface area (TPSA) is 122 Å². The molecule has 0 spiro atoms. The Labute approximate surface area is 229 Å². The third-order valence-corrected chi connectivity index (χ3v) is 9.24. The lowest BCUT2D eigenvalue weighted by atomic mass is 10.2. The molecular weight excluding hydrogens is 542 g/mol. The molecule has 0 aromatic heterocycles. The van der Waals surface area contributed by atoms with Gasteiger partial charge < -0.3 is 14.8 Å². The molecule has 4 rings (SSSR count). The Morgan fingerprint density at radius 2 is 1.62 bits per heavy atom. The number of nitrogens with one attached hydrogen (secondary N) is 1. The third kappa shape index (κ3) is 7.08. The van der Waals surface area contributed by atoms with Gasteiger partial charge in [-0.1, -0.05) is 30.3 Å². The van der Waals surface area contributed by atoms with Gasteiger partial charge in [0.15, 0.2) is 0 Å². The number of anilines is 2. The van der Waals surface area contributed by atoms with Crippen molar-refractivity contribution in [3.05, 3.63) is 78.4 Å². The van der Waals surface area contributed by atoms with Gasteiger partial charge in [-0.3, -0.25) is 9.10 Å². The first-order valence-electron chi connectivity index (χ1n) is 12.3. The van der Waals surface area contributed by atoms with Gasteiger partial charge in [0.1, 0.15) is 24.7 Å². The number of carbonyl (C=O) groups is 1. The molecule has 0 saturated carbocycles. The van der Waals surface area contributed by atoms with Crippen LogP contribution in [0.1, 0.15) is 18.4 Å². The summed E-state index contributed by atoms with van der Waals surface area (Å²) < 4.78 is 64.6. The van der Waals surface area contributed by atoms with Crippen molar-refractivity contribution in [3.8, 4) is 11.5 Å². The molecule has 3 aromatic rings. The van der Waals surface area contributed by atoms with Crippen LogP contribution in [-0.2, 0) is 31.4 Å². The van der Waals surface area contributed by atoms with Crippen LogP contribution >= 0.6 is 0 Å². The van der Waals surface area contributed by atoms with Gasteiger partial charge in [0.25, 0.3) is 0 Å². The van der Waals surface area contributed by atoms with Gasteiger partial charge in [-0.25, -0.2) is 16.8 Å². The van der Waals surface area contributed by atoms with E-state index in [1.807, 2.05) is 30.3 Å². The summed E-state index contributed by atoms with van der Waals surface area (Å²) >= 11 is 0. The highest BCUT2D eigenvalue weighted by atomic mass is 32.2. The zero-order chi connectivity index (χ0) is 28.0. The second-order valence-electron chi connectivity index (χ2n) is 9.06. The highest BCUT2D eigenvalue weighted by Gasteiger charge is 2.28. The largest absolute Gasteiger partial charge is 0.495 e. The van der Waals surface area contributed by atoms with Crippen molar-refractivity contribution in [3.63, 3.8) is 0 Å². The Bertz CT molecular complexity index is 1500. The molecular formula is C27H31N3O7S2. The molecule has 0 bridgehead atoms. The first-order chi connectivity index (χ1) is 18.6. The summed E-state index contributed by atoms with van der Waals surface area (Å²) in [4.78, 5) is 13.0. The van der Waals surface area contributed by atoms with Gasteiger partial charge in [-0.15, -0.1) is 0 Å². The second-order valence-corrected chi connectivity index (χ2v) is 12.9. The van der Waals surface area contributed by atoms with Crippen molar-refractivity contribution in [1.82, 2.24) is 4.31 Å². The number of carbonyl (C=O) groups excluding carboxylic acids is 1. The van der Waals surface area contributed by atoms with Gasteiger partial charge in [0.05, 0.1) is 29.6 Å². The summed E-state index contributed by atoms with van der Waals surface area (Å²) in [5.74, 6) is 0.120. The monoisotopic (exact) mass is 573 g/mol. The molecule has 1 heterocycles. The standard InChI is InChI=1S/C27H31N3O7S2/c1-36-26-15-14-24(39(34,35)29-16-6-7-17-29)18-25(26)28-27(31)19-30(38(2,32)33)22-10-12-23(13-11-22)37-20-21-8-4-3-5-9-21/h3-5,8-15,18H,6-7,16-17,19-20H2,1-2H3,(H,28,31). The Hall–Kier alpha value is -3.61. The number of hydrogen-bond acceptors (Lipinski definition) is 7. The molecule has 1 aliphatic heterocycles. The maximum absolute atomic E-state index is 13.0. The average molecular weight is 574 g/mol. The van der Waals surface area contributed by atoms with Crippen molar-refractivity contribution < 1.29 is 31.1 Å². The fourth-order valence-corrected chi connectivity index (χ4v) is 6.59. The van der Waals surface area contributed by atoms with Crippen molar-refractivity contribution in [2.24, 2.45) is 0 Å². The van der Waals surface area contributed by atoms with E-state index in [0.29, 0.717) is 25.4 Å². The summed E-state index contributed by atoms with van der Waals surface area (Å²) in [6.07, 6.45) is 2.59. The van der Waals surface area contributed by atoms with Gasteiger partial charge in [-0.2, -0.15) is 4.31 Å². The van der Waals surface area contributed by atoms with E-state index in [-0.39, 0.29) is 22.0 Å². The maximum Gasteiger partial charge on any atom is 0.245 e. The van der Waals surface area contributed by atoms with Gasteiger partial charge in [-0.05, 0) is 60.9 Å². The first-order valence-corrected chi connectivity index (χ1v) is 15.6. The number of methoxy groups -OCH3 is 1. The fraction of sp³-hybridized carbons (Fsp3) is 0.296. The van der Waals surface area contributed by atoms with Crippen LogP contribution in [0, 0.1) is 0 Å². The van der Waals surface area contributed by atoms with Gasteiger partial charge in [0, 0.05) is 13.1 Å². The molecule has 12 heteroatoms. The van der Waals surface area contributed by atoms with E-state index in [4.69, 9.17) is 9.47 Å². The summed E-state index contributed by atoms with van der Waals surface area (Å²) in [6, 6.07) is 20.2. The lowest BCUT2D eigenvalue weighted by molar-refractivity contribution is -0.114. The minimum atomic E-state index is -3.83. The third-order valence-electron chi connectivity index (χ3n) is 6.21. The number of nitrogens with zero attached hydrogens (tertiary/aromatic N) is 2. The van der Waals surface area contributed by atoms with E-state index in [1.54, 1.807) is 24.3 Å². The predicted octanol–water partition coefficient (Wildman–Crippen LogP) is 3.46. The van der Waals surface area contributed by atoms with Crippen molar-refractivity contribution >= 4 is 37.3 Å². The second kappa shape index (κ2) is 12.1. The summed E-state index contributed by atoms with van der Waals surface area (Å²) in [5.41, 5.74) is 1.39. The Morgan fingerprint density at radius 3 is 2.23 bits per heavy atom. The quantitative estimate of drug-likeness (QED) is 0.373. The molecule has 1 amide bonds. The Balaban J connectivity index is 1.49. The van der Waals surface area contributed by atoms with Crippen LogP contribution in [0.25, 0.3) is 0 Å². The van der Waals surface area contributed by atoms with Crippen molar-refractivity contribution in [2.45, 2.75) is 24.3 Å². The highest BCUT2D eigenvalue weighted by Crippen LogP contribution is 2.30. The van der Waals surface area contributed by atoms with Crippen LogP contribution in [0.2, 0.25) is 0 Å². The van der Waals surface area contributed by atoms with Crippen LogP contribution in [0.5, 0.6) is 11.5 Å². The zero-order valence-corrected chi connectivity index (χ0v) is 23.4. The average Bonchev–Trinajstić information content (AvgIpc) is 3.47. The zero-order valence-electron chi connectivity index (χ0n) is 21.7. The van der Waals surface area contributed by atoms with E-state index in [9.17, 15) is 21.6 Å². The maximum atomic E-state index is 13.0. The minimum absolute atomic E-state index is 0.0200. The van der Waals surface area contributed by atoms with Crippen molar-refractivity contribution in [2.75, 3.05) is 42.6 Å². The molecule has 0 unspecified atom stereocenters. The molecule has 1 saturated heterocycles. The van der Waals surface area contributed by atoms with E-state index in [1.165, 1.54) is 29.6 Å². The summed E-state index contributed by atoms with van der Waals surface area (Å²) in [5, 5.41) is 2.61. The Kier molecular flexibility index (Phi) is 8.78. The number of amides is 1. The molecule has 208 valence electrons. The van der Waals surface area contributed by atoms with E-state index >= 15 is 0 Å². The molecule has 0 atom stereocenters. The Morgan fingerprint density at radius 1 is 0.949 bits per heavy atom. The SMILES string of the molecule is COc1ccc(S(=O)(=O)N2CCCC2)cc1NC(=O)CN(c1ccc(OCc2ccccc2)cc1)S(C)(=O)=O. The van der Waals surface area contributed by atoms with Gasteiger partial charge >= 0.3 is 0 Å².